The van der Waals surface area contributed by atoms with Gasteiger partial charge in [0.05, 0.1) is 12.9 Å². The number of benzene rings is 1. The third-order valence-corrected chi connectivity index (χ3v) is 8.76. The quantitative estimate of drug-likeness (QED) is 0.697. The smallest absolute Gasteiger partial charge is 0.214 e. The lowest BCUT2D eigenvalue weighted by molar-refractivity contribution is 0.0219. The summed E-state index contributed by atoms with van der Waals surface area (Å²) in [5.41, 5.74) is 2.70. The van der Waals surface area contributed by atoms with Crippen molar-refractivity contribution in [3.63, 3.8) is 0 Å². The first-order valence-electron chi connectivity index (χ1n) is 10.00. The molecule has 7 heteroatoms. The summed E-state index contributed by atoms with van der Waals surface area (Å²) in [6, 6.07) is 6.75. The molecule has 0 aromatic heterocycles. The molecule has 3 heterocycles. The van der Waals surface area contributed by atoms with Crippen LogP contribution in [0.4, 0.5) is 0 Å². The Morgan fingerprint density at radius 3 is 2.93 bits per heavy atom. The molecule has 1 aromatic rings. The molecule has 2 saturated heterocycles. The van der Waals surface area contributed by atoms with Crippen LogP contribution < -0.4 is 4.74 Å². The standard InChI is InChI=1S/C20H29ClN2O3S/c1-26-17-6-5-15-7-10-22-14-16-4-2-9-23(27(24,25)11-3-8-21)19(16)13-20(22)18(15)12-17/h5-6,12,16,19-20H,2-4,7-11,13-14H2,1H3/t16-,19+,20+/m1/s1. The van der Waals surface area contributed by atoms with Crippen LogP contribution in [0.25, 0.3) is 0 Å². The van der Waals surface area contributed by atoms with Crippen molar-refractivity contribution in [2.75, 3.05) is 38.4 Å². The molecule has 0 radical (unpaired) electrons. The second-order valence-electron chi connectivity index (χ2n) is 8.00. The van der Waals surface area contributed by atoms with E-state index in [1.807, 2.05) is 10.4 Å². The number of fused-ring (bicyclic) bond motifs is 4. The maximum atomic E-state index is 12.9. The van der Waals surface area contributed by atoms with E-state index in [1.165, 1.54) is 11.1 Å². The lowest BCUT2D eigenvalue weighted by atomic mass is 9.77. The highest BCUT2D eigenvalue weighted by atomic mass is 35.5. The van der Waals surface area contributed by atoms with Crippen molar-refractivity contribution >= 4 is 21.6 Å². The second kappa shape index (κ2) is 7.90. The van der Waals surface area contributed by atoms with Crippen molar-refractivity contribution in [1.29, 1.82) is 0 Å². The van der Waals surface area contributed by atoms with E-state index >= 15 is 0 Å². The lowest BCUT2D eigenvalue weighted by Gasteiger charge is -2.51. The van der Waals surface area contributed by atoms with E-state index in [-0.39, 0.29) is 17.8 Å². The zero-order valence-electron chi connectivity index (χ0n) is 15.9. The monoisotopic (exact) mass is 412 g/mol. The summed E-state index contributed by atoms with van der Waals surface area (Å²) < 4.78 is 33.1. The molecule has 4 rings (SSSR count). The van der Waals surface area contributed by atoms with Gasteiger partial charge in [-0.05, 0) is 61.3 Å². The molecule has 0 N–H and O–H groups in total. The third kappa shape index (κ3) is 3.74. The number of piperidine rings is 2. The molecule has 0 unspecified atom stereocenters. The Bertz CT molecular complexity index is 785. The normalized spacial score (nSPS) is 28.9. The number of ether oxygens (including phenoxy) is 1. The fraction of sp³-hybridized carbons (Fsp3) is 0.700. The topological polar surface area (TPSA) is 49.9 Å². The Labute approximate surface area is 167 Å². The van der Waals surface area contributed by atoms with Crippen LogP contribution in [0.1, 0.15) is 42.9 Å². The molecule has 0 saturated carbocycles. The molecule has 0 amide bonds. The van der Waals surface area contributed by atoms with Crippen LogP contribution >= 0.6 is 11.6 Å². The number of sulfonamides is 1. The van der Waals surface area contributed by atoms with Gasteiger partial charge in [-0.15, -0.1) is 11.6 Å². The Morgan fingerprint density at radius 1 is 1.30 bits per heavy atom. The number of alkyl halides is 1. The largest absolute Gasteiger partial charge is 0.497 e. The van der Waals surface area contributed by atoms with Crippen molar-refractivity contribution in [1.82, 2.24) is 9.21 Å². The van der Waals surface area contributed by atoms with Crippen molar-refractivity contribution in [2.45, 2.75) is 44.2 Å². The number of hydrogen-bond acceptors (Lipinski definition) is 4. The van der Waals surface area contributed by atoms with Crippen LogP contribution in [0.5, 0.6) is 5.75 Å². The molecule has 0 aliphatic carbocycles. The summed E-state index contributed by atoms with van der Waals surface area (Å²) in [5.74, 6) is 1.88. The number of rotatable bonds is 5. The van der Waals surface area contributed by atoms with E-state index in [2.05, 4.69) is 17.0 Å². The van der Waals surface area contributed by atoms with Gasteiger partial charge < -0.3 is 4.74 Å². The summed E-state index contributed by atoms with van der Waals surface area (Å²) in [6.45, 7) is 2.71. The minimum Gasteiger partial charge on any atom is -0.497 e. The lowest BCUT2D eigenvalue weighted by Crippen LogP contribution is -2.57. The average Bonchev–Trinajstić information content (AvgIpc) is 2.69. The third-order valence-electron chi connectivity index (χ3n) is 6.52. The number of methoxy groups -OCH3 is 1. The molecule has 27 heavy (non-hydrogen) atoms. The molecular weight excluding hydrogens is 384 g/mol. The number of hydrogen-bond donors (Lipinski definition) is 0. The predicted octanol–water partition coefficient (Wildman–Crippen LogP) is 3.04. The van der Waals surface area contributed by atoms with Gasteiger partial charge in [0, 0.05) is 37.6 Å². The van der Waals surface area contributed by atoms with Crippen molar-refractivity contribution < 1.29 is 13.2 Å². The van der Waals surface area contributed by atoms with Crippen LogP contribution in [0.2, 0.25) is 0 Å². The van der Waals surface area contributed by atoms with Gasteiger partial charge in [-0.1, -0.05) is 6.07 Å². The summed E-state index contributed by atoms with van der Waals surface area (Å²) in [6.07, 6.45) is 4.55. The summed E-state index contributed by atoms with van der Waals surface area (Å²) in [4.78, 5) is 2.57. The van der Waals surface area contributed by atoms with Gasteiger partial charge in [-0.3, -0.25) is 4.90 Å². The van der Waals surface area contributed by atoms with E-state index < -0.39 is 10.0 Å². The molecule has 1 aromatic carbocycles. The second-order valence-corrected chi connectivity index (χ2v) is 10.4. The van der Waals surface area contributed by atoms with Gasteiger partial charge in [-0.2, -0.15) is 4.31 Å². The van der Waals surface area contributed by atoms with Gasteiger partial charge in [-0.25, -0.2) is 8.42 Å². The molecule has 3 aliphatic heterocycles. The number of nitrogens with zero attached hydrogens (tertiary/aromatic N) is 2. The molecule has 3 atom stereocenters. The first-order valence-corrected chi connectivity index (χ1v) is 12.1. The molecule has 2 fully saturated rings. The minimum absolute atomic E-state index is 0.109. The van der Waals surface area contributed by atoms with Gasteiger partial charge in [0.1, 0.15) is 5.75 Å². The van der Waals surface area contributed by atoms with E-state index in [0.717, 1.165) is 44.5 Å². The van der Waals surface area contributed by atoms with E-state index in [0.29, 0.717) is 24.8 Å². The Balaban J connectivity index is 1.62. The van der Waals surface area contributed by atoms with Crippen molar-refractivity contribution in [3.8, 4) is 5.75 Å². The first-order chi connectivity index (χ1) is 13.0. The molecule has 0 spiro atoms. The maximum Gasteiger partial charge on any atom is 0.214 e. The van der Waals surface area contributed by atoms with E-state index in [4.69, 9.17) is 16.3 Å². The Hall–Kier alpha value is -0.820. The van der Waals surface area contributed by atoms with Crippen LogP contribution in [-0.2, 0) is 16.4 Å². The van der Waals surface area contributed by atoms with Crippen LogP contribution in [0, 0.1) is 5.92 Å². The maximum absolute atomic E-state index is 12.9. The first kappa shape index (κ1) is 19.5. The SMILES string of the molecule is COc1ccc2c(c1)[C@@H]1C[C@H]3[C@H](CCCN3S(=O)(=O)CCCCl)CN1CC2. The minimum atomic E-state index is -3.24. The zero-order valence-corrected chi connectivity index (χ0v) is 17.5. The number of halogens is 1. The van der Waals surface area contributed by atoms with Crippen molar-refractivity contribution in [2.24, 2.45) is 5.92 Å². The Kier molecular flexibility index (Phi) is 5.70. The molecule has 150 valence electrons. The van der Waals surface area contributed by atoms with E-state index in [1.54, 1.807) is 7.11 Å². The summed E-state index contributed by atoms with van der Waals surface area (Å²) in [7, 11) is -1.54. The highest BCUT2D eigenvalue weighted by Crippen LogP contribution is 2.44. The highest BCUT2D eigenvalue weighted by molar-refractivity contribution is 7.89. The zero-order chi connectivity index (χ0) is 19.0. The molecule has 0 bridgehead atoms. The van der Waals surface area contributed by atoms with E-state index in [9.17, 15) is 8.42 Å². The van der Waals surface area contributed by atoms with Gasteiger partial charge in [0.15, 0.2) is 0 Å². The van der Waals surface area contributed by atoms with Gasteiger partial charge in [0.25, 0.3) is 0 Å². The fourth-order valence-electron chi connectivity index (χ4n) is 5.20. The van der Waals surface area contributed by atoms with Gasteiger partial charge in [0.2, 0.25) is 10.0 Å². The van der Waals surface area contributed by atoms with Crippen molar-refractivity contribution in [3.05, 3.63) is 29.3 Å². The summed E-state index contributed by atoms with van der Waals surface area (Å²) >= 11 is 5.76. The average molecular weight is 413 g/mol. The Morgan fingerprint density at radius 2 is 2.15 bits per heavy atom. The molecular formula is C20H29ClN2O3S. The van der Waals surface area contributed by atoms with Gasteiger partial charge >= 0.3 is 0 Å². The summed E-state index contributed by atoms with van der Waals surface area (Å²) in [5, 5.41) is 0. The fourth-order valence-corrected chi connectivity index (χ4v) is 7.32. The van der Waals surface area contributed by atoms with Crippen LogP contribution in [0.15, 0.2) is 18.2 Å². The highest BCUT2D eigenvalue weighted by Gasteiger charge is 2.45. The van der Waals surface area contributed by atoms with Crippen LogP contribution in [-0.4, -0.2) is 62.0 Å². The van der Waals surface area contributed by atoms with Crippen LogP contribution in [0.3, 0.4) is 0 Å². The molecule has 3 aliphatic rings. The predicted molar refractivity (Wildman–Crippen MR) is 108 cm³/mol. The molecule has 5 nitrogen and oxygen atoms in total.